The zero-order valence-corrected chi connectivity index (χ0v) is 17.2. The number of fused-ring (bicyclic) bond motifs is 1. The van der Waals surface area contributed by atoms with Gasteiger partial charge in [-0.1, -0.05) is 6.85 Å². The van der Waals surface area contributed by atoms with Gasteiger partial charge in [0.15, 0.2) is 0 Å². The predicted octanol–water partition coefficient (Wildman–Crippen LogP) is 5.91. The van der Waals surface area contributed by atoms with Crippen LogP contribution >= 0.6 is 0 Å². The molecule has 1 amide bonds. The average Bonchev–Trinajstić information content (AvgIpc) is 2.78. The van der Waals surface area contributed by atoms with Gasteiger partial charge in [-0.2, -0.15) is 39.5 Å². The molecule has 192 valence electrons. The Morgan fingerprint density at radius 3 is 2.06 bits per heavy atom. The van der Waals surface area contributed by atoms with Gasteiger partial charge in [-0.05, 0) is 60.3 Å². The fourth-order valence-electron chi connectivity index (χ4n) is 3.76. The van der Waals surface area contributed by atoms with E-state index in [9.17, 15) is 49.4 Å². The van der Waals surface area contributed by atoms with Crippen LogP contribution in [-0.2, 0) is 25.1 Å². The van der Waals surface area contributed by atoms with Crippen LogP contribution in [0.15, 0.2) is 36.4 Å². The van der Waals surface area contributed by atoms with Crippen molar-refractivity contribution in [2.45, 2.75) is 56.8 Å². The highest BCUT2D eigenvalue weighted by Gasteiger charge is 2.38. The molecule has 13 heteroatoms. The van der Waals surface area contributed by atoms with Gasteiger partial charge in [0.1, 0.15) is 6.09 Å². The molecule has 35 heavy (non-hydrogen) atoms. The highest BCUT2D eigenvalue weighted by molar-refractivity contribution is 5.87. The van der Waals surface area contributed by atoms with Crippen molar-refractivity contribution in [3.63, 3.8) is 0 Å². The summed E-state index contributed by atoms with van der Waals surface area (Å²) >= 11 is 0. The number of carboxylic acid groups (broad SMARTS) is 1. The van der Waals surface area contributed by atoms with Crippen LogP contribution in [-0.4, -0.2) is 12.1 Å². The molecule has 0 saturated carbocycles. The molecule has 0 aromatic heterocycles. The van der Waals surface area contributed by atoms with E-state index in [1.165, 1.54) is 0 Å². The molecular weight excluding hydrogens is 495 g/mol. The molecule has 0 spiro atoms. The van der Waals surface area contributed by atoms with Crippen LogP contribution in [0.1, 0.15) is 60.4 Å². The van der Waals surface area contributed by atoms with Gasteiger partial charge in [0.05, 0.1) is 16.7 Å². The molecule has 0 fully saturated rings. The molecule has 0 saturated heterocycles. The van der Waals surface area contributed by atoms with E-state index in [-0.39, 0.29) is 11.0 Å². The first kappa shape index (κ1) is 20.3. The van der Waals surface area contributed by atoms with Crippen molar-refractivity contribution in [1.82, 2.24) is 5.32 Å². The van der Waals surface area contributed by atoms with Crippen LogP contribution in [0.2, 0.25) is 0 Å². The highest BCUT2D eigenvalue weighted by Crippen LogP contribution is 2.42. The third-order valence-corrected chi connectivity index (χ3v) is 5.32. The molecule has 3 rings (SSSR count). The molecule has 2 aromatic rings. The molecule has 2 atom stereocenters. The number of amides is 1. The molecule has 0 aliphatic carbocycles. The minimum Gasteiger partial charge on any atom is -0.530 e. The Morgan fingerprint density at radius 1 is 1.00 bits per heavy atom. The SMILES string of the molecule is [2H]C([2H])([2H])C([2H])([2H])C1CC(NCc2cc(C(F)(F)F)cc(C(F)(F)F)c2)c2cc(C(F)(F)F)ccc2N1C(=O)[O-]. The number of anilines is 1. The molecule has 0 bridgehead atoms. The molecule has 1 aliphatic heterocycles. The summed E-state index contributed by atoms with van der Waals surface area (Å²) in [5, 5.41) is 14.4. The van der Waals surface area contributed by atoms with Crippen molar-refractivity contribution in [2.24, 2.45) is 0 Å². The lowest BCUT2D eigenvalue weighted by Gasteiger charge is -2.42. The Balaban J connectivity index is 2.14. The van der Waals surface area contributed by atoms with Crippen LogP contribution in [0.25, 0.3) is 0 Å². The summed E-state index contributed by atoms with van der Waals surface area (Å²) in [6.45, 7) is -4.29. The van der Waals surface area contributed by atoms with Gasteiger partial charge in [-0.15, -0.1) is 0 Å². The predicted molar refractivity (Wildman–Crippen MR) is 104 cm³/mol. The third-order valence-electron chi connectivity index (χ3n) is 5.32. The van der Waals surface area contributed by atoms with Gasteiger partial charge < -0.3 is 20.1 Å². The molecular formula is C22H18F9N2O2-. The van der Waals surface area contributed by atoms with Gasteiger partial charge in [-0.25, -0.2) is 0 Å². The molecule has 2 aromatic carbocycles. The maximum atomic E-state index is 13.4. The summed E-state index contributed by atoms with van der Waals surface area (Å²) in [6, 6.07) is -1.49. The van der Waals surface area contributed by atoms with Gasteiger partial charge in [-0.3, -0.25) is 0 Å². The minimum atomic E-state index is -5.19. The number of halogens is 9. The number of nitrogens with zero attached hydrogens (tertiary/aromatic N) is 1. The Hall–Kier alpha value is -2.96. The number of benzene rings is 2. The van der Waals surface area contributed by atoms with E-state index < -0.39 is 96.4 Å². The highest BCUT2D eigenvalue weighted by atomic mass is 19.4. The first-order valence-corrected chi connectivity index (χ1v) is 9.67. The lowest BCUT2D eigenvalue weighted by Crippen LogP contribution is -2.51. The number of carbonyl (C=O) groups excluding carboxylic acids is 1. The molecule has 4 nitrogen and oxygen atoms in total. The number of carbonyl (C=O) groups is 1. The Bertz CT molecular complexity index is 1250. The lowest BCUT2D eigenvalue weighted by atomic mass is 9.88. The monoisotopic (exact) mass is 518 g/mol. The van der Waals surface area contributed by atoms with E-state index in [1.807, 2.05) is 0 Å². The molecule has 0 radical (unpaired) electrons. The Morgan fingerprint density at radius 2 is 1.57 bits per heavy atom. The van der Waals surface area contributed by atoms with E-state index in [0.29, 0.717) is 30.3 Å². The van der Waals surface area contributed by atoms with Gasteiger partial charge in [0.2, 0.25) is 0 Å². The summed E-state index contributed by atoms with van der Waals surface area (Å²) in [6.07, 6.45) is -21.7. The van der Waals surface area contributed by atoms with Crippen molar-refractivity contribution in [1.29, 1.82) is 0 Å². The quantitative estimate of drug-likeness (QED) is 0.513. The third kappa shape index (κ3) is 5.82. The second-order valence-electron chi connectivity index (χ2n) is 7.65. The lowest BCUT2D eigenvalue weighted by molar-refractivity contribution is -0.247. The Kier molecular flexibility index (Phi) is 5.35. The maximum absolute atomic E-state index is 13.4. The van der Waals surface area contributed by atoms with E-state index in [2.05, 4.69) is 5.32 Å². The van der Waals surface area contributed by atoms with Gasteiger partial charge in [0.25, 0.3) is 0 Å². The fraction of sp³-hybridized carbons (Fsp3) is 0.409. The Labute approximate surface area is 200 Å². The number of nitrogens with one attached hydrogen (secondary N) is 1. The van der Waals surface area contributed by atoms with Crippen molar-refractivity contribution < 1.29 is 56.3 Å². The second kappa shape index (κ2) is 9.25. The van der Waals surface area contributed by atoms with Crippen LogP contribution in [0.5, 0.6) is 0 Å². The zero-order valence-electron chi connectivity index (χ0n) is 22.2. The molecule has 2 unspecified atom stereocenters. The molecule has 1 aliphatic rings. The fourth-order valence-corrected chi connectivity index (χ4v) is 3.76. The largest absolute Gasteiger partial charge is 0.530 e. The van der Waals surface area contributed by atoms with Gasteiger partial charge >= 0.3 is 18.5 Å². The van der Waals surface area contributed by atoms with Crippen LogP contribution in [0.4, 0.5) is 50.0 Å². The van der Waals surface area contributed by atoms with Crippen molar-refractivity contribution in [2.75, 3.05) is 4.90 Å². The van der Waals surface area contributed by atoms with E-state index in [1.54, 1.807) is 0 Å². The molecule has 1 N–H and O–H groups in total. The normalized spacial score (nSPS) is 21.9. The van der Waals surface area contributed by atoms with Crippen LogP contribution in [0.3, 0.4) is 0 Å². The number of alkyl halides is 9. The summed E-state index contributed by atoms with van der Waals surface area (Å²) in [5.74, 6) is 0. The first-order valence-electron chi connectivity index (χ1n) is 12.2. The van der Waals surface area contributed by atoms with E-state index in [4.69, 9.17) is 6.85 Å². The maximum Gasteiger partial charge on any atom is 0.416 e. The molecule has 1 heterocycles. The van der Waals surface area contributed by atoms with Crippen molar-refractivity contribution >= 4 is 11.8 Å². The van der Waals surface area contributed by atoms with Gasteiger partial charge in [0, 0.05) is 31.2 Å². The van der Waals surface area contributed by atoms with E-state index in [0.717, 1.165) is 0 Å². The number of hydrogen-bond donors (Lipinski definition) is 1. The minimum absolute atomic E-state index is 0.131. The standard InChI is InChI=1S/C22H19F9N2O2/c1-2-15-9-17(16-8-12(20(23,24)25)3-4-18(16)33(15)19(34)35)32-10-11-5-13(21(26,27)28)7-14(6-11)22(29,30)31/h3-8,15,17,32H,2,9-10H2,1H3,(H,34,35)/p-1/i1D3,2D2. The number of rotatable bonds is 4. The topological polar surface area (TPSA) is 55.4 Å². The zero-order chi connectivity index (χ0) is 30.6. The second-order valence-corrected chi connectivity index (χ2v) is 7.65. The van der Waals surface area contributed by atoms with E-state index >= 15 is 0 Å². The average molecular weight is 518 g/mol. The smallest absolute Gasteiger partial charge is 0.416 e. The van der Waals surface area contributed by atoms with Crippen LogP contribution < -0.4 is 15.3 Å². The summed E-state index contributed by atoms with van der Waals surface area (Å²) in [5.41, 5.74) is -6.31. The summed E-state index contributed by atoms with van der Waals surface area (Å²) in [4.78, 5) is 12.1. The summed E-state index contributed by atoms with van der Waals surface area (Å²) in [7, 11) is 0. The van der Waals surface area contributed by atoms with Crippen molar-refractivity contribution in [3.8, 4) is 0 Å². The number of hydrogen-bond acceptors (Lipinski definition) is 3. The first-order chi connectivity index (χ1) is 17.9. The summed E-state index contributed by atoms with van der Waals surface area (Å²) < 4.78 is 158. The van der Waals surface area contributed by atoms with Crippen LogP contribution in [0, 0.1) is 0 Å². The van der Waals surface area contributed by atoms with Crippen molar-refractivity contribution in [3.05, 3.63) is 64.2 Å².